The van der Waals surface area contributed by atoms with Crippen LogP contribution in [0.4, 0.5) is 4.39 Å². The fourth-order valence-electron chi connectivity index (χ4n) is 2.34. The fraction of sp³-hybridized carbons (Fsp3) is 0.500. The second kappa shape index (κ2) is 4.69. The van der Waals surface area contributed by atoms with Crippen LogP contribution in [0.15, 0.2) is 24.3 Å². The molecule has 1 atom stereocenters. The summed E-state index contributed by atoms with van der Waals surface area (Å²) in [5.41, 5.74) is 0.0278. The van der Waals surface area contributed by atoms with Gasteiger partial charge in [0.05, 0.1) is 6.10 Å². The average molecular weight is 251 g/mol. The molecule has 1 aromatic rings. The predicted molar refractivity (Wildman–Crippen MR) is 66.8 cm³/mol. The topological polar surface area (TPSA) is 40.5 Å². The first-order chi connectivity index (χ1) is 8.40. The van der Waals surface area contributed by atoms with Crippen molar-refractivity contribution in [2.75, 3.05) is 6.54 Å². The number of hydrogen-bond acceptors (Lipinski definition) is 2. The Morgan fingerprint density at radius 3 is 2.89 bits per heavy atom. The molecule has 0 bridgehead atoms. The Hall–Kier alpha value is -1.42. The summed E-state index contributed by atoms with van der Waals surface area (Å²) in [6.07, 6.45) is 0.949. The maximum atomic E-state index is 13.1. The zero-order valence-electron chi connectivity index (χ0n) is 10.7. The van der Waals surface area contributed by atoms with Gasteiger partial charge in [-0.25, -0.2) is 4.39 Å². The first-order valence-electron chi connectivity index (χ1n) is 6.16. The minimum atomic E-state index is -0.490. The number of hydrogen-bond donors (Lipinski definition) is 1. The summed E-state index contributed by atoms with van der Waals surface area (Å²) in [5, 5.41) is 9.69. The van der Waals surface area contributed by atoms with Crippen molar-refractivity contribution >= 4 is 5.91 Å². The molecule has 18 heavy (non-hydrogen) atoms. The van der Waals surface area contributed by atoms with Gasteiger partial charge in [0, 0.05) is 17.6 Å². The van der Waals surface area contributed by atoms with Crippen LogP contribution < -0.4 is 0 Å². The number of aliphatic hydroxyl groups is 1. The van der Waals surface area contributed by atoms with Gasteiger partial charge < -0.3 is 10.0 Å². The largest absolute Gasteiger partial charge is 0.391 e. The second-order valence-electron chi connectivity index (χ2n) is 5.43. The Balaban J connectivity index is 2.26. The average Bonchev–Trinajstić information content (AvgIpc) is 2.31. The molecular weight excluding hydrogens is 233 g/mol. The lowest BCUT2D eigenvalue weighted by atomic mass is 9.88. The molecule has 1 saturated heterocycles. The number of likely N-dealkylation sites (tertiary alicyclic amines) is 1. The highest BCUT2D eigenvalue weighted by atomic mass is 19.1. The van der Waals surface area contributed by atoms with E-state index in [1.165, 1.54) is 18.2 Å². The lowest BCUT2D eigenvalue weighted by Crippen LogP contribution is -2.54. The van der Waals surface area contributed by atoms with Crippen molar-refractivity contribution in [1.82, 2.24) is 4.90 Å². The highest BCUT2D eigenvalue weighted by Gasteiger charge is 2.36. The molecule has 0 radical (unpaired) electrons. The van der Waals surface area contributed by atoms with Gasteiger partial charge in [0.15, 0.2) is 0 Å². The molecule has 4 heteroatoms. The molecule has 3 nitrogen and oxygen atoms in total. The van der Waals surface area contributed by atoms with Gasteiger partial charge in [0.2, 0.25) is 0 Å². The molecule has 2 rings (SSSR count). The van der Waals surface area contributed by atoms with Crippen LogP contribution in [0, 0.1) is 5.82 Å². The molecule has 1 fully saturated rings. The zero-order valence-corrected chi connectivity index (χ0v) is 10.7. The van der Waals surface area contributed by atoms with Gasteiger partial charge in [0.1, 0.15) is 5.82 Å². The Morgan fingerprint density at radius 1 is 1.50 bits per heavy atom. The molecule has 0 spiro atoms. The van der Waals surface area contributed by atoms with Gasteiger partial charge >= 0.3 is 0 Å². The monoisotopic (exact) mass is 251 g/mol. The van der Waals surface area contributed by atoms with E-state index in [1.54, 1.807) is 11.0 Å². The van der Waals surface area contributed by atoms with Crippen LogP contribution in [-0.4, -0.2) is 34.1 Å². The van der Waals surface area contributed by atoms with Gasteiger partial charge in [-0.15, -0.1) is 0 Å². The highest BCUT2D eigenvalue weighted by Crippen LogP contribution is 2.29. The molecule has 0 aliphatic carbocycles. The van der Waals surface area contributed by atoms with Crippen LogP contribution in [-0.2, 0) is 0 Å². The van der Waals surface area contributed by atoms with Gasteiger partial charge in [-0.05, 0) is 44.9 Å². The molecule has 1 N–H and O–H groups in total. The van der Waals surface area contributed by atoms with E-state index in [4.69, 9.17) is 0 Å². The molecule has 0 aromatic heterocycles. The van der Waals surface area contributed by atoms with Crippen molar-refractivity contribution in [3.63, 3.8) is 0 Å². The van der Waals surface area contributed by atoms with E-state index in [0.29, 0.717) is 18.5 Å². The molecule has 1 aromatic carbocycles. The third-order valence-electron chi connectivity index (χ3n) is 3.53. The summed E-state index contributed by atoms with van der Waals surface area (Å²) in [6, 6.07) is 5.67. The van der Waals surface area contributed by atoms with E-state index in [0.717, 1.165) is 6.42 Å². The number of amides is 1. The van der Waals surface area contributed by atoms with Crippen molar-refractivity contribution in [1.29, 1.82) is 0 Å². The quantitative estimate of drug-likeness (QED) is 0.831. The predicted octanol–water partition coefficient (Wildman–Crippen LogP) is 2.20. The van der Waals surface area contributed by atoms with Gasteiger partial charge in [-0.3, -0.25) is 4.79 Å². The van der Waals surface area contributed by atoms with Crippen LogP contribution in [0.2, 0.25) is 0 Å². The SMILES string of the molecule is CC1(C)CCC(O)CN1C(=O)c1cccc(F)c1. The molecule has 1 unspecified atom stereocenters. The van der Waals surface area contributed by atoms with E-state index in [9.17, 15) is 14.3 Å². The fourth-order valence-corrected chi connectivity index (χ4v) is 2.34. The van der Waals surface area contributed by atoms with Crippen LogP contribution in [0.3, 0.4) is 0 Å². The number of aliphatic hydroxyl groups excluding tert-OH is 1. The van der Waals surface area contributed by atoms with Gasteiger partial charge in [-0.2, -0.15) is 0 Å². The number of β-amino-alcohol motifs (C(OH)–C–C–N with tert-alkyl or cyclic N) is 1. The van der Waals surface area contributed by atoms with E-state index in [-0.39, 0.29) is 11.4 Å². The van der Waals surface area contributed by atoms with Crippen molar-refractivity contribution in [2.45, 2.75) is 38.3 Å². The number of halogens is 1. The lowest BCUT2D eigenvalue weighted by Gasteiger charge is -2.44. The van der Waals surface area contributed by atoms with Crippen molar-refractivity contribution in [2.24, 2.45) is 0 Å². The number of nitrogens with zero attached hydrogens (tertiary/aromatic N) is 1. The summed E-state index contributed by atoms with van der Waals surface area (Å²) in [7, 11) is 0. The number of rotatable bonds is 1. The van der Waals surface area contributed by atoms with Gasteiger partial charge in [0.25, 0.3) is 5.91 Å². The standard InChI is InChI=1S/C14H18FNO2/c1-14(2)7-6-12(17)9-16(14)13(18)10-4-3-5-11(15)8-10/h3-5,8,12,17H,6-7,9H2,1-2H3. The van der Waals surface area contributed by atoms with E-state index in [1.807, 2.05) is 13.8 Å². The van der Waals surface area contributed by atoms with E-state index >= 15 is 0 Å². The molecule has 98 valence electrons. The second-order valence-corrected chi connectivity index (χ2v) is 5.43. The Bertz CT molecular complexity index is 459. The summed E-state index contributed by atoms with van der Waals surface area (Å²) in [6.45, 7) is 4.24. The molecular formula is C14H18FNO2. The van der Waals surface area contributed by atoms with E-state index in [2.05, 4.69) is 0 Å². The van der Waals surface area contributed by atoms with E-state index < -0.39 is 11.9 Å². The Kier molecular flexibility index (Phi) is 3.39. The molecule has 1 aliphatic heterocycles. The highest BCUT2D eigenvalue weighted by molar-refractivity contribution is 5.94. The van der Waals surface area contributed by atoms with Crippen LogP contribution in [0.1, 0.15) is 37.0 Å². The first-order valence-corrected chi connectivity index (χ1v) is 6.16. The molecule has 1 amide bonds. The van der Waals surface area contributed by atoms with Crippen LogP contribution in [0.25, 0.3) is 0 Å². The normalized spacial score (nSPS) is 22.9. The summed E-state index contributed by atoms with van der Waals surface area (Å²) in [5.74, 6) is -0.644. The maximum Gasteiger partial charge on any atom is 0.254 e. The summed E-state index contributed by atoms with van der Waals surface area (Å²) < 4.78 is 13.1. The number of piperidine rings is 1. The van der Waals surface area contributed by atoms with Crippen molar-refractivity contribution < 1.29 is 14.3 Å². The number of carbonyl (C=O) groups is 1. The van der Waals surface area contributed by atoms with Crippen LogP contribution >= 0.6 is 0 Å². The van der Waals surface area contributed by atoms with Crippen LogP contribution in [0.5, 0.6) is 0 Å². The van der Waals surface area contributed by atoms with Crippen molar-refractivity contribution in [3.8, 4) is 0 Å². The minimum absolute atomic E-state index is 0.224. The lowest BCUT2D eigenvalue weighted by molar-refractivity contribution is 0.00151. The molecule has 1 aliphatic rings. The third kappa shape index (κ3) is 2.53. The Morgan fingerprint density at radius 2 is 2.22 bits per heavy atom. The smallest absolute Gasteiger partial charge is 0.254 e. The van der Waals surface area contributed by atoms with Gasteiger partial charge in [-0.1, -0.05) is 6.07 Å². The Labute approximate surface area is 106 Å². The number of carbonyl (C=O) groups excluding carboxylic acids is 1. The minimum Gasteiger partial charge on any atom is -0.391 e. The number of benzene rings is 1. The molecule has 1 heterocycles. The zero-order chi connectivity index (χ0) is 13.3. The summed E-state index contributed by atoms with van der Waals surface area (Å²) in [4.78, 5) is 14.0. The van der Waals surface area contributed by atoms with Crippen molar-refractivity contribution in [3.05, 3.63) is 35.6 Å². The first kappa shape index (κ1) is 13.0. The maximum absolute atomic E-state index is 13.1. The third-order valence-corrected chi connectivity index (χ3v) is 3.53. The molecule has 0 saturated carbocycles. The summed E-state index contributed by atoms with van der Waals surface area (Å²) >= 11 is 0.